The zero-order valence-corrected chi connectivity index (χ0v) is 12.3. The smallest absolute Gasteiger partial charge is 0.0629 e. The number of thiophene rings is 1. The van der Waals surface area contributed by atoms with E-state index < -0.39 is 0 Å². The fourth-order valence-electron chi connectivity index (χ4n) is 2.09. The summed E-state index contributed by atoms with van der Waals surface area (Å²) in [6.45, 7) is 8.83. The van der Waals surface area contributed by atoms with E-state index in [0.717, 1.165) is 0 Å². The molecule has 0 saturated carbocycles. The highest BCUT2D eigenvalue weighted by atomic mass is 32.1. The van der Waals surface area contributed by atoms with Gasteiger partial charge in [0.1, 0.15) is 0 Å². The van der Waals surface area contributed by atoms with Crippen molar-refractivity contribution in [3.63, 3.8) is 0 Å². The Balaban J connectivity index is 2.27. The Bertz CT molecular complexity index is 500. The molecule has 0 radical (unpaired) electrons. The van der Waals surface area contributed by atoms with Gasteiger partial charge in [-0.15, -0.1) is 11.3 Å². The molecule has 0 aliphatic rings. The Labute approximate surface area is 114 Å². The lowest BCUT2D eigenvalue weighted by Crippen LogP contribution is -2.16. The maximum absolute atomic E-state index is 3.70. The van der Waals surface area contributed by atoms with Crippen molar-refractivity contribution >= 4 is 17.0 Å². The standard InChI is InChI=1S/C16H21NS/c1-11(2)16(15-6-5-9-18-15)17-14-10-12(3)7-8-13(14)4/h5-11,16-17H,1-4H3. The van der Waals surface area contributed by atoms with Crippen LogP contribution in [0, 0.1) is 19.8 Å². The molecule has 0 fully saturated rings. The van der Waals surface area contributed by atoms with Crippen LogP contribution in [0.25, 0.3) is 0 Å². The van der Waals surface area contributed by atoms with Gasteiger partial charge < -0.3 is 5.32 Å². The molecule has 0 aliphatic carbocycles. The molecular weight excluding hydrogens is 238 g/mol. The quantitative estimate of drug-likeness (QED) is 0.798. The van der Waals surface area contributed by atoms with Crippen molar-refractivity contribution in [3.8, 4) is 0 Å². The first-order valence-corrected chi connectivity index (χ1v) is 7.33. The van der Waals surface area contributed by atoms with Crippen LogP contribution in [0.15, 0.2) is 35.7 Å². The van der Waals surface area contributed by atoms with Gasteiger partial charge in [-0.3, -0.25) is 0 Å². The minimum absolute atomic E-state index is 0.394. The maximum Gasteiger partial charge on any atom is 0.0629 e. The Morgan fingerprint density at radius 2 is 1.89 bits per heavy atom. The summed E-state index contributed by atoms with van der Waals surface area (Å²) in [5, 5.41) is 5.85. The summed E-state index contributed by atoms with van der Waals surface area (Å²) in [5.41, 5.74) is 3.86. The van der Waals surface area contributed by atoms with E-state index in [1.165, 1.54) is 21.7 Å². The number of benzene rings is 1. The molecule has 0 aliphatic heterocycles. The molecule has 96 valence electrons. The summed E-state index contributed by atoms with van der Waals surface area (Å²) in [7, 11) is 0. The average Bonchev–Trinajstić information content (AvgIpc) is 2.83. The van der Waals surface area contributed by atoms with E-state index in [2.05, 4.69) is 68.7 Å². The van der Waals surface area contributed by atoms with E-state index in [1.807, 2.05) is 11.3 Å². The molecule has 2 aromatic rings. The second-order valence-corrected chi connectivity index (χ2v) is 6.18. The predicted octanol–water partition coefficient (Wildman–Crippen LogP) is 5.17. The van der Waals surface area contributed by atoms with Crippen LogP contribution in [-0.4, -0.2) is 0 Å². The summed E-state index contributed by atoms with van der Waals surface area (Å²) in [4.78, 5) is 1.41. The van der Waals surface area contributed by atoms with Crippen LogP contribution in [0.2, 0.25) is 0 Å². The molecule has 0 spiro atoms. The highest BCUT2D eigenvalue weighted by Gasteiger charge is 2.17. The van der Waals surface area contributed by atoms with E-state index in [-0.39, 0.29) is 0 Å². The van der Waals surface area contributed by atoms with E-state index in [9.17, 15) is 0 Å². The Morgan fingerprint density at radius 3 is 2.50 bits per heavy atom. The maximum atomic E-state index is 3.70. The Morgan fingerprint density at radius 1 is 1.11 bits per heavy atom. The summed E-state index contributed by atoms with van der Waals surface area (Å²) >= 11 is 1.83. The van der Waals surface area contributed by atoms with Crippen molar-refractivity contribution in [2.24, 2.45) is 5.92 Å². The van der Waals surface area contributed by atoms with Crippen LogP contribution in [0.5, 0.6) is 0 Å². The van der Waals surface area contributed by atoms with Crippen molar-refractivity contribution in [1.82, 2.24) is 0 Å². The van der Waals surface area contributed by atoms with Crippen LogP contribution in [0.1, 0.15) is 35.9 Å². The van der Waals surface area contributed by atoms with Gasteiger partial charge in [-0.2, -0.15) is 0 Å². The van der Waals surface area contributed by atoms with E-state index in [4.69, 9.17) is 0 Å². The third kappa shape index (κ3) is 2.94. The third-order valence-electron chi connectivity index (χ3n) is 3.22. The molecule has 0 saturated heterocycles. The van der Waals surface area contributed by atoms with Crippen molar-refractivity contribution in [3.05, 3.63) is 51.7 Å². The van der Waals surface area contributed by atoms with Crippen LogP contribution in [-0.2, 0) is 0 Å². The van der Waals surface area contributed by atoms with Gasteiger partial charge in [-0.05, 0) is 48.4 Å². The zero-order valence-electron chi connectivity index (χ0n) is 11.5. The SMILES string of the molecule is Cc1ccc(C)c(NC(c2cccs2)C(C)C)c1. The predicted molar refractivity (Wildman–Crippen MR) is 81.4 cm³/mol. The van der Waals surface area contributed by atoms with Gasteiger partial charge in [0.15, 0.2) is 0 Å². The fourth-order valence-corrected chi connectivity index (χ4v) is 3.04. The molecule has 1 nitrogen and oxygen atoms in total. The van der Waals surface area contributed by atoms with Gasteiger partial charge in [-0.1, -0.05) is 32.0 Å². The number of hydrogen-bond donors (Lipinski definition) is 1. The van der Waals surface area contributed by atoms with Gasteiger partial charge in [0.25, 0.3) is 0 Å². The number of hydrogen-bond acceptors (Lipinski definition) is 2. The third-order valence-corrected chi connectivity index (χ3v) is 4.18. The molecule has 1 atom stereocenters. The minimum Gasteiger partial charge on any atom is -0.377 e. The molecule has 1 heterocycles. The average molecular weight is 259 g/mol. The van der Waals surface area contributed by atoms with Crippen LogP contribution in [0.3, 0.4) is 0 Å². The lowest BCUT2D eigenvalue weighted by Gasteiger charge is -2.24. The van der Waals surface area contributed by atoms with Gasteiger partial charge in [-0.25, -0.2) is 0 Å². The first kappa shape index (κ1) is 13.2. The number of anilines is 1. The molecule has 2 rings (SSSR count). The van der Waals surface area contributed by atoms with E-state index in [0.29, 0.717) is 12.0 Å². The summed E-state index contributed by atoms with van der Waals surface area (Å²) in [6.07, 6.45) is 0. The number of nitrogens with one attached hydrogen (secondary N) is 1. The minimum atomic E-state index is 0.394. The molecule has 1 N–H and O–H groups in total. The molecule has 18 heavy (non-hydrogen) atoms. The van der Waals surface area contributed by atoms with Crippen molar-refractivity contribution < 1.29 is 0 Å². The second kappa shape index (κ2) is 5.57. The molecule has 0 amide bonds. The Hall–Kier alpha value is -1.28. The molecular formula is C16H21NS. The van der Waals surface area contributed by atoms with Gasteiger partial charge in [0, 0.05) is 10.6 Å². The second-order valence-electron chi connectivity index (χ2n) is 5.20. The number of rotatable bonds is 4. The van der Waals surface area contributed by atoms with Crippen molar-refractivity contribution in [2.75, 3.05) is 5.32 Å². The van der Waals surface area contributed by atoms with Crippen molar-refractivity contribution in [1.29, 1.82) is 0 Å². The van der Waals surface area contributed by atoms with Gasteiger partial charge in [0.05, 0.1) is 6.04 Å². The normalized spacial score (nSPS) is 12.7. The first-order chi connectivity index (χ1) is 8.58. The first-order valence-electron chi connectivity index (χ1n) is 6.45. The van der Waals surface area contributed by atoms with E-state index in [1.54, 1.807) is 0 Å². The van der Waals surface area contributed by atoms with Crippen LogP contribution >= 0.6 is 11.3 Å². The molecule has 1 unspecified atom stereocenters. The summed E-state index contributed by atoms with van der Waals surface area (Å²) in [6, 6.07) is 11.3. The lowest BCUT2D eigenvalue weighted by atomic mass is 10.0. The summed E-state index contributed by atoms with van der Waals surface area (Å²) in [5.74, 6) is 0.573. The Kier molecular flexibility index (Phi) is 4.07. The highest BCUT2D eigenvalue weighted by Crippen LogP contribution is 2.31. The molecule has 0 bridgehead atoms. The molecule has 2 heteroatoms. The molecule has 1 aromatic carbocycles. The largest absolute Gasteiger partial charge is 0.377 e. The van der Waals surface area contributed by atoms with Gasteiger partial charge >= 0.3 is 0 Å². The number of aryl methyl sites for hydroxylation is 2. The fraction of sp³-hybridized carbons (Fsp3) is 0.375. The van der Waals surface area contributed by atoms with Crippen LogP contribution < -0.4 is 5.32 Å². The van der Waals surface area contributed by atoms with E-state index >= 15 is 0 Å². The summed E-state index contributed by atoms with van der Waals surface area (Å²) < 4.78 is 0. The lowest BCUT2D eigenvalue weighted by molar-refractivity contribution is 0.553. The zero-order chi connectivity index (χ0) is 13.1. The van der Waals surface area contributed by atoms with Gasteiger partial charge in [0.2, 0.25) is 0 Å². The monoisotopic (exact) mass is 259 g/mol. The molecule has 1 aromatic heterocycles. The van der Waals surface area contributed by atoms with Crippen LogP contribution in [0.4, 0.5) is 5.69 Å². The van der Waals surface area contributed by atoms with Crippen molar-refractivity contribution in [2.45, 2.75) is 33.7 Å². The highest BCUT2D eigenvalue weighted by molar-refractivity contribution is 7.10. The topological polar surface area (TPSA) is 12.0 Å².